The first-order chi connectivity index (χ1) is 14.0. The van der Waals surface area contributed by atoms with E-state index in [0.29, 0.717) is 30.7 Å². The predicted molar refractivity (Wildman–Crippen MR) is 108 cm³/mol. The van der Waals surface area contributed by atoms with Crippen molar-refractivity contribution in [2.75, 3.05) is 13.1 Å². The number of aliphatic carboxylic acids is 2. The minimum Gasteiger partial charge on any atom is -0.481 e. The molecule has 0 bridgehead atoms. The van der Waals surface area contributed by atoms with Crippen LogP contribution in [0.2, 0.25) is 0 Å². The highest BCUT2D eigenvalue weighted by atomic mass is 16.4. The Morgan fingerprint density at radius 2 is 1.47 bits per heavy atom. The van der Waals surface area contributed by atoms with Crippen LogP contribution in [0, 0.1) is 5.41 Å². The van der Waals surface area contributed by atoms with E-state index in [1.165, 1.54) is 0 Å². The topological polar surface area (TPSA) is 252 Å². The van der Waals surface area contributed by atoms with Gasteiger partial charge in [-0.15, -0.1) is 0 Å². The molecule has 12 N–H and O–H groups in total. The van der Waals surface area contributed by atoms with E-state index in [0.717, 1.165) is 0 Å². The lowest BCUT2D eigenvalue weighted by Gasteiger charge is -2.31. The summed E-state index contributed by atoms with van der Waals surface area (Å²) in [7, 11) is 0. The lowest BCUT2D eigenvalue weighted by atomic mass is 10.0. The standard InChI is InChI=1S/C17H33N7O6/c18-8-2-1-4-10(19)14(27)24(12(16(29)30)6-7-13(25)26)15(28)11(20)5-3-9-23-17(21)22/h10-12H,1-9,18-20H2,(H,25,26)(H,29,30)(H4,21,22,23). The average molecular weight is 431 g/mol. The number of rotatable bonds is 15. The molecule has 0 saturated heterocycles. The van der Waals surface area contributed by atoms with E-state index < -0.39 is 54.7 Å². The monoisotopic (exact) mass is 431 g/mol. The zero-order chi connectivity index (χ0) is 23.3. The van der Waals surface area contributed by atoms with E-state index in [4.69, 9.17) is 33.5 Å². The maximum atomic E-state index is 12.8. The zero-order valence-corrected chi connectivity index (χ0v) is 16.9. The molecule has 0 aromatic heterocycles. The minimum atomic E-state index is -1.71. The molecule has 0 aliphatic rings. The van der Waals surface area contributed by atoms with Crippen molar-refractivity contribution < 1.29 is 29.4 Å². The Kier molecular flexibility index (Phi) is 12.9. The van der Waals surface area contributed by atoms with Crippen molar-refractivity contribution in [3.63, 3.8) is 0 Å². The van der Waals surface area contributed by atoms with Crippen molar-refractivity contribution in [1.82, 2.24) is 10.2 Å². The van der Waals surface area contributed by atoms with Gasteiger partial charge in [-0.1, -0.05) is 6.42 Å². The number of hydrogen-bond acceptors (Lipinski definition) is 8. The van der Waals surface area contributed by atoms with Gasteiger partial charge in [-0.3, -0.25) is 24.7 Å². The van der Waals surface area contributed by atoms with Gasteiger partial charge in [-0.25, -0.2) is 4.79 Å². The predicted octanol–water partition coefficient (Wildman–Crippen LogP) is -2.29. The summed E-state index contributed by atoms with van der Waals surface area (Å²) in [5, 5.41) is 28.0. The molecule has 13 heteroatoms. The smallest absolute Gasteiger partial charge is 0.326 e. The van der Waals surface area contributed by atoms with Crippen LogP contribution in [-0.2, 0) is 19.2 Å². The first-order valence-corrected chi connectivity index (χ1v) is 9.63. The number of carboxylic acids is 2. The van der Waals surface area contributed by atoms with Crippen LogP contribution in [0.5, 0.6) is 0 Å². The number of nitrogens with zero attached hydrogens (tertiary/aromatic N) is 1. The summed E-state index contributed by atoms with van der Waals surface area (Å²) in [6, 6.07) is -4.08. The second-order valence-corrected chi connectivity index (χ2v) is 6.81. The molecular weight excluding hydrogens is 398 g/mol. The Morgan fingerprint density at radius 1 is 0.933 bits per heavy atom. The Balaban J connectivity index is 5.47. The number of guanidine groups is 1. The highest BCUT2D eigenvalue weighted by Crippen LogP contribution is 2.15. The van der Waals surface area contributed by atoms with E-state index in [2.05, 4.69) is 5.32 Å². The zero-order valence-electron chi connectivity index (χ0n) is 16.9. The quantitative estimate of drug-likeness (QED) is 0.0777. The van der Waals surface area contributed by atoms with Crippen molar-refractivity contribution >= 4 is 29.7 Å². The minimum absolute atomic E-state index is 0.0799. The van der Waals surface area contributed by atoms with E-state index in [1.54, 1.807) is 0 Å². The van der Waals surface area contributed by atoms with Crippen molar-refractivity contribution in [2.24, 2.45) is 22.9 Å². The molecule has 0 aliphatic heterocycles. The maximum Gasteiger partial charge on any atom is 0.326 e. The molecule has 0 aliphatic carbocycles. The summed E-state index contributed by atoms with van der Waals surface area (Å²) in [6.45, 7) is 0.642. The molecule has 3 unspecified atom stereocenters. The summed E-state index contributed by atoms with van der Waals surface area (Å²) in [5.74, 6) is -4.93. The third kappa shape index (κ3) is 10.1. The van der Waals surface area contributed by atoms with Gasteiger partial charge in [0.15, 0.2) is 5.96 Å². The van der Waals surface area contributed by atoms with Crippen molar-refractivity contribution in [2.45, 2.75) is 63.1 Å². The Bertz CT molecular complexity index is 615. The summed E-state index contributed by atoms with van der Waals surface area (Å²) in [6.07, 6.45) is 0.647. The number of carbonyl (C=O) groups is 4. The van der Waals surface area contributed by atoms with Gasteiger partial charge in [0.25, 0.3) is 0 Å². The largest absolute Gasteiger partial charge is 0.481 e. The number of hydrogen-bond donors (Lipinski definition) is 8. The van der Waals surface area contributed by atoms with Gasteiger partial charge in [-0.2, -0.15) is 0 Å². The van der Waals surface area contributed by atoms with Crippen LogP contribution in [0.25, 0.3) is 0 Å². The normalized spacial score (nSPS) is 13.7. The average Bonchev–Trinajstić information content (AvgIpc) is 2.66. The fraction of sp³-hybridized carbons (Fsp3) is 0.706. The van der Waals surface area contributed by atoms with Crippen LogP contribution < -0.4 is 28.3 Å². The van der Waals surface area contributed by atoms with E-state index >= 15 is 0 Å². The molecule has 172 valence electrons. The van der Waals surface area contributed by atoms with E-state index in [9.17, 15) is 24.3 Å². The van der Waals surface area contributed by atoms with Gasteiger partial charge in [0, 0.05) is 13.0 Å². The van der Waals surface area contributed by atoms with Gasteiger partial charge in [0.05, 0.1) is 12.1 Å². The van der Waals surface area contributed by atoms with Crippen molar-refractivity contribution in [3.05, 3.63) is 0 Å². The highest BCUT2D eigenvalue weighted by Gasteiger charge is 2.39. The van der Waals surface area contributed by atoms with Crippen molar-refractivity contribution in [3.8, 4) is 0 Å². The van der Waals surface area contributed by atoms with Crippen molar-refractivity contribution in [1.29, 1.82) is 5.41 Å². The fourth-order valence-electron chi connectivity index (χ4n) is 2.70. The number of carbonyl (C=O) groups excluding carboxylic acids is 2. The molecule has 0 radical (unpaired) electrons. The molecule has 0 fully saturated rings. The molecule has 0 aromatic rings. The molecule has 0 rings (SSSR count). The second kappa shape index (κ2) is 14.3. The first kappa shape index (κ1) is 27.2. The number of imide groups is 1. The van der Waals surface area contributed by atoms with E-state index in [1.807, 2.05) is 0 Å². The molecular formula is C17H33N7O6. The van der Waals surface area contributed by atoms with Gasteiger partial charge in [0.2, 0.25) is 11.8 Å². The van der Waals surface area contributed by atoms with E-state index in [-0.39, 0.29) is 25.3 Å². The lowest BCUT2D eigenvalue weighted by Crippen LogP contribution is -2.58. The molecule has 0 heterocycles. The van der Waals surface area contributed by atoms with Gasteiger partial charge in [0.1, 0.15) is 6.04 Å². The van der Waals surface area contributed by atoms with Crippen LogP contribution in [-0.4, -0.2) is 76.0 Å². The van der Waals surface area contributed by atoms with Crippen LogP contribution in [0.1, 0.15) is 44.9 Å². The Hall–Kier alpha value is -2.77. The second-order valence-electron chi connectivity index (χ2n) is 6.81. The number of carboxylic acid groups (broad SMARTS) is 2. The molecule has 13 nitrogen and oxygen atoms in total. The molecule has 30 heavy (non-hydrogen) atoms. The number of unbranched alkanes of at least 4 members (excludes halogenated alkanes) is 1. The highest BCUT2D eigenvalue weighted by molar-refractivity contribution is 6.03. The Morgan fingerprint density at radius 3 is 1.90 bits per heavy atom. The molecule has 0 spiro atoms. The number of amides is 2. The molecule has 3 atom stereocenters. The van der Waals surface area contributed by atoms with Crippen LogP contribution >= 0.6 is 0 Å². The SMILES string of the molecule is N=C(N)NCCCC(N)C(=O)N(C(=O)C(N)CCCCN)C(CCC(=O)O)C(=O)O. The van der Waals surface area contributed by atoms with Gasteiger partial charge < -0.3 is 38.5 Å². The van der Waals surface area contributed by atoms with Crippen LogP contribution in [0.15, 0.2) is 0 Å². The Labute approximate surface area is 174 Å². The number of nitrogens with two attached hydrogens (primary N) is 4. The van der Waals surface area contributed by atoms with Gasteiger partial charge >= 0.3 is 11.9 Å². The van der Waals surface area contributed by atoms with Crippen LogP contribution in [0.3, 0.4) is 0 Å². The summed E-state index contributed by atoms with van der Waals surface area (Å²) >= 11 is 0. The summed E-state index contributed by atoms with van der Waals surface area (Å²) in [4.78, 5) is 48.8. The molecule has 2 amide bonds. The number of nitrogens with one attached hydrogen (secondary N) is 2. The van der Waals surface area contributed by atoms with Gasteiger partial charge in [-0.05, 0) is 38.6 Å². The summed E-state index contributed by atoms with van der Waals surface area (Å²) in [5.41, 5.74) is 22.3. The van der Waals surface area contributed by atoms with Crippen LogP contribution in [0.4, 0.5) is 0 Å². The molecule has 0 aromatic carbocycles. The maximum absolute atomic E-state index is 12.8. The lowest BCUT2D eigenvalue weighted by molar-refractivity contribution is -0.160. The third-order valence-electron chi connectivity index (χ3n) is 4.31. The summed E-state index contributed by atoms with van der Waals surface area (Å²) < 4.78 is 0. The fourth-order valence-corrected chi connectivity index (χ4v) is 2.70. The first-order valence-electron chi connectivity index (χ1n) is 9.63. The third-order valence-corrected chi connectivity index (χ3v) is 4.31. The molecule has 0 saturated carbocycles.